The molecule has 0 saturated carbocycles. The molecule has 0 bridgehead atoms. The highest BCUT2D eigenvalue weighted by atomic mass is 35.5. The normalized spacial score (nSPS) is 10.3. The van der Waals surface area contributed by atoms with E-state index in [0.29, 0.717) is 21.9 Å². The maximum absolute atomic E-state index is 13.3. The van der Waals surface area contributed by atoms with Crippen LogP contribution in [0.5, 0.6) is 5.75 Å². The fourth-order valence-electron chi connectivity index (χ4n) is 1.63. The number of nitrogen functional groups attached to an aromatic ring is 1. The number of rotatable bonds is 4. The molecule has 6 heteroatoms. The molecule has 0 atom stereocenters. The molecule has 0 aromatic heterocycles. The van der Waals surface area contributed by atoms with Crippen molar-refractivity contribution in [2.75, 3.05) is 0 Å². The highest BCUT2D eigenvalue weighted by molar-refractivity contribution is 6.31. The lowest BCUT2D eigenvalue weighted by Crippen LogP contribution is -2.13. The monoisotopic (exact) mass is 312 g/mol. The van der Waals surface area contributed by atoms with Crippen LogP contribution in [0.2, 0.25) is 10.0 Å². The van der Waals surface area contributed by atoms with E-state index < -0.39 is 5.82 Å². The van der Waals surface area contributed by atoms with Crippen LogP contribution < -0.4 is 10.5 Å². The van der Waals surface area contributed by atoms with E-state index in [1.54, 1.807) is 24.3 Å². The third-order valence-corrected chi connectivity index (χ3v) is 3.15. The molecule has 3 nitrogen and oxygen atoms in total. The maximum atomic E-state index is 13.3. The van der Waals surface area contributed by atoms with Gasteiger partial charge in [0.05, 0.1) is 10.6 Å². The average Bonchev–Trinajstić information content (AvgIpc) is 2.40. The summed E-state index contributed by atoms with van der Waals surface area (Å²) in [7, 11) is 0. The summed E-state index contributed by atoms with van der Waals surface area (Å²) in [5.41, 5.74) is 6.51. The zero-order valence-electron chi connectivity index (χ0n) is 10.3. The van der Waals surface area contributed by atoms with Gasteiger partial charge in [-0.05, 0) is 35.9 Å². The summed E-state index contributed by atoms with van der Waals surface area (Å²) in [4.78, 5) is 0. The van der Waals surface area contributed by atoms with Gasteiger partial charge in [0, 0.05) is 5.02 Å². The van der Waals surface area contributed by atoms with Gasteiger partial charge in [-0.2, -0.15) is 0 Å². The Bertz CT molecular complexity index is 662. The summed E-state index contributed by atoms with van der Waals surface area (Å²) in [5.74, 6) is -0.259. The van der Waals surface area contributed by atoms with Crippen molar-refractivity contribution < 1.29 is 9.13 Å². The van der Waals surface area contributed by atoms with Gasteiger partial charge >= 0.3 is 0 Å². The van der Waals surface area contributed by atoms with Crippen LogP contribution in [0.1, 0.15) is 11.1 Å². The van der Waals surface area contributed by atoms with E-state index in [4.69, 9.17) is 39.1 Å². The third-order valence-electron chi connectivity index (χ3n) is 2.61. The molecule has 0 aliphatic carbocycles. The summed E-state index contributed by atoms with van der Waals surface area (Å²) >= 11 is 11.5. The van der Waals surface area contributed by atoms with Gasteiger partial charge < -0.3 is 10.5 Å². The Morgan fingerprint density at radius 2 is 1.95 bits per heavy atom. The second-order valence-corrected chi connectivity index (χ2v) is 4.93. The van der Waals surface area contributed by atoms with Crippen molar-refractivity contribution in [1.82, 2.24) is 0 Å². The number of benzene rings is 2. The molecular weight excluding hydrogens is 302 g/mol. The van der Waals surface area contributed by atoms with Crippen molar-refractivity contribution in [3.05, 3.63) is 63.4 Å². The SMILES string of the molecule is N=C(N)c1ccc(Cl)cc1OCc1ccc(Cl)c(F)c1. The Morgan fingerprint density at radius 1 is 1.20 bits per heavy atom. The molecule has 0 aliphatic rings. The van der Waals surface area contributed by atoms with E-state index in [0.717, 1.165) is 0 Å². The van der Waals surface area contributed by atoms with Gasteiger partial charge in [0.15, 0.2) is 0 Å². The lowest BCUT2D eigenvalue weighted by atomic mass is 10.2. The molecule has 2 aromatic rings. The minimum absolute atomic E-state index is 0.0564. The molecule has 2 aromatic carbocycles. The molecule has 0 fully saturated rings. The van der Waals surface area contributed by atoms with E-state index in [2.05, 4.69) is 0 Å². The van der Waals surface area contributed by atoms with E-state index >= 15 is 0 Å². The Balaban J connectivity index is 2.20. The van der Waals surface area contributed by atoms with Crippen LogP contribution in [0.25, 0.3) is 0 Å². The zero-order valence-corrected chi connectivity index (χ0v) is 11.8. The molecule has 3 N–H and O–H groups in total. The second-order valence-electron chi connectivity index (χ2n) is 4.09. The molecule has 0 heterocycles. The van der Waals surface area contributed by atoms with Crippen LogP contribution in [0.15, 0.2) is 36.4 Å². The van der Waals surface area contributed by atoms with Gasteiger partial charge in [-0.3, -0.25) is 5.41 Å². The van der Waals surface area contributed by atoms with Gasteiger partial charge in [-0.1, -0.05) is 29.3 Å². The number of nitrogens with two attached hydrogens (primary N) is 1. The van der Waals surface area contributed by atoms with Crippen molar-refractivity contribution in [3.63, 3.8) is 0 Å². The van der Waals surface area contributed by atoms with E-state index in [-0.39, 0.29) is 17.5 Å². The number of hydrogen-bond donors (Lipinski definition) is 2. The summed E-state index contributed by atoms with van der Waals surface area (Å²) in [6.07, 6.45) is 0. The van der Waals surface area contributed by atoms with Crippen molar-refractivity contribution in [1.29, 1.82) is 5.41 Å². The molecule has 0 amide bonds. The highest BCUT2D eigenvalue weighted by Gasteiger charge is 2.08. The van der Waals surface area contributed by atoms with Gasteiger partial charge in [-0.15, -0.1) is 0 Å². The average molecular weight is 313 g/mol. The molecule has 0 saturated heterocycles. The van der Waals surface area contributed by atoms with Crippen molar-refractivity contribution in [2.24, 2.45) is 5.73 Å². The first kappa shape index (κ1) is 14.6. The molecule has 0 unspecified atom stereocenters. The molecule has 0 aliphatic heterocycles. The smallest absolute Gasteiger partial charge is 0.142 e. The van der Waals surface area contributed by atoms with E-state index in [9.17, 15) is 4.39 Å². The molecule has 0 spiro atoms. The maximum Gasteiger partial charge on any atom is 0.142 e. The zero-order chi connectivity index (χ0) is 14.7. The topological polar surface area (TPSA) is 59.1 Å². The highest BCUT2D eigenvalue weighted by Crippen LogP contribution is 2.24. The van der Waals surface area contributed by atoms with E-state index in [1.165, 1.54) is 12.1 Å². The van der Waals surface area contributed by atoms with Gasteiger partial charge in [0.1, 0.15) is 24.0 Å². The molecule has 0 radical (unpaired) electrons. The predicted molar refractivity (Wildman–Crippen MR) is 78.2 cm³/mol. The summed E-state index contributed by atoms with van der Waals surface area (Å²) < 4.78 is 18.9. The number of hydrogen-bond acceptors (Lipinski definition) is 2. The first-order chi connectivity index (χ1) is 9.47. The first-order valence-corrected chi connectivity index (χ1v) is 6.43. The van der Waals surface area contributed by atoms with Crippen LogP contribution in [0.3, 0.4) is 0 Å². The van der Waals surface area contributed by atoms with Crippen LogP contribution in [0, 0.1) is 11.2 Å². The van der Waals surface area contributed by atoms with Crippen LogP contribution in [0.4, 0.5) is 4.39 Å². The minimum Gasteiger partial charge on any atom is -0.488 e. The molecular formula is C14H11Cl2FN2O. The van der Waals surface area contributed by atoms with Gasteiger partial charge in [0.2, 0.25) is 0 Å². The van der Waals surface area contributed by atoms with Crippen LogP contribution in [-0.2, 0) is 6.61 Å². The lowest BCUT2D eigenvalue weighted by Gasteiger charge is -2.11. The van der Waals surface area contributed by atoms with Gasteiger partial charge in [-0.25, -0.2) is 4.39 Å². The van der Waals surface area contributed by atoms with Crippen molar-refractivity contribution in [3.8, 4) is 5.75 Å². The van der Waals surface area contributed by atoms with Crippen LogP contribution >= 0.6 is 23.2 Å². The Labute approximate surface area is 125 Å². The first-order valence-electron chi connectivity index (χ1n) is 5.68. The molecule has 2 rings (SSSR count). The minimum atomic E-state index is -0.509. The van der Waals surface area contributed by atoms with Gasteiger partial charge in [0.25, 0.3) is 0 Å². The number of amidine groups is 1. The third kappa shape index (κ3) is 3.40. The quantitative estimate of drug-likeness (QED) is 0.662. The Kier molecular flexibility index (Phi) is 4.47. The lowest BCUT2D eigenvalue weighted by molar-refractivity contribution is 0.305. The summed E-state index contributed by atoms with van der Waals surface area (Å²) in [5, 5.41) is 7.99. The predicted octanol–water partition coefficient (Wildman–Crippen LogP) is 4.00. The second kappa shape index (κ2) is 6.11. The number of nitrogens with one attached hydrogen (secondary N) is 1. The van der Waals surface area contributed by atoms with Crippen molar-refractivity contribution in [2.45, 2.75) is 6.61 Å². The fraction of sp³-hybridized carbons (Fsp3) is 0.0714. The summed E-state index contributed by atoms with van der Waals surface area (Å²) in [6, 6.07) is 9.18. The standard InChI is InChI=1S/C14H11Cl2FN2O/c15-9-2-3-10(14(18)19)13(6-9)20-7-8-1-4-11(16)12(17)5-8/h1-6H,7H2,(H3,18,19). The number of halogens is 3. The Hall–Kier alpha value is -1.78. The fourth-order valence-corrected chi connectivity index (χ4v) is 1.91. The largest absolute Gasteiger partial charge is 0.488 e. The summed E-state index contributed by atoms with van der Waals surface area (Å²) in [6.45, 7) is 0.120. The van der Waals surface area contributed by atoms with Crippen molar-refractivity contribution >= 4 is 29.0 Å². The van der Waals surface area contributed by atoms with E-state index in [1.807, 2.05) is 0 Å². The number of ether oxygens (including phenoxy) is 1. The molecule has 104 valence electrons. The Morgan fingerprint density at radius 3 is 2.60 bits per heavy atom. The molecule has 20 heavy (non-hydrogen) atoms. The van der Waals surface area contributed by atoms with Crippen LogP contribution in [-0.4, -0.2) is 5.84 Å².